The van der Waals surface area contributed by atoms with Crippen LogP contribution in [-0.4, -0.2) is 36.9 Å². The maximum atomic E-state index is 12.6. The fourth-order valence-corrected chi connectivity index (χ4v) is 3.33. The van der Waals surface area contributed by atoms with Crippen LogP contribution in [0.25, 0.3) is 0 Å². The molecule has 1 saturated heterocycles. The Bertz CT molecular complexity index is 769. The number of rotatable bonds is 5. The molecule has 1 aliphatic heterocycles. The smallest absolute Gasteiger partial charge is 0.227 e. The fourth-order valence-electron chi connectivity index (χ4n) is 3.33. The van der Waals surface area contributed by atoms with Gasteiger partial charge in [-0.2, -0.15) is 0 Å². The predicted molar refractivity (Wildman–Crippen MR) is 101 cm³/mol. The highest BCUT2D eigenvalue weighted by atomic mass is 16.5. The van der Waals surface area contributed by atoms with Gasteiger partial charge < -0.3 is 15.0 Å². The van der Waals surface area contributed by atoms with Crippen molar-refractivity contribution >= 4 is 17.5 Å². The number of nitrogens with zero attached hydrogens (tertiary/aromatic N) is 1. The molecule has 1 fully saturated rings. The van der Waals surface area contributed by atoms with Crippen molar-refractivity contribution in [2.75, 3.05) is 25.5 Å². The quantitative estimate of drug-likeness (QED) is 0.899. The summed E-state index contributed by atoms with van der Waals surface area (Å²) in [6.07, 6.45) is 1.37. The fraction of sp³-hybridized carbons (Fsp3) is 0.333. The van der Waals surface area contributed by atoms with E-state index < -0.39 is 0 Å². The Labute approximate surface area is 154 Å². The number of amides is 2. The zero-order valence-electron chi connectivity index (χ0n) is 15.2. The van der Waals surface area contributed by atoms with Crippen LogP contribution < -0.4 is 10.1 Å². The Kier molecular flexibility index (Phi) is 5.56. The summed E-state index contributed by atoms with van der Waals surface area (Å²) >= 11 is 0. The van der Waals surface area contributed by atoms with Crippen LogP contribution in [0.5, 0.6) is 5.75 Å². The van der Waals surface area contributed by atoms with E-state index in [4.69, 9.17) is 4.74 Å². The molecule has 0 spiro atoms. The maximum absolute atomic E-state index is 12.6. The molecule has 0 saturated carbocycles. The van der Waals surface area contributed by atoms with Crippen LogP contribution in [0.15, 0.2) is 48.5 Å². The topological polar surface area (TPSA) is 58.6 Å². The van der Waals surface area contributed by atoms with Crippen LogP contribution in [0.4, 0.5) is 5.69 Å². The molecule has 1 aliphatic rings. The van der Waals surface area contributed by atoms with Crippen LogP contribution in [0.2, 0.25) is 0 Å². The average molecular weight is 352 g/mol. The normalized spacial score (nSPS) is 16.4. The Morgan fingerprint density at radius 3 is 2.42 bits per heavy atom. The number of nitrogens with one attached hydrogen (secondary N) is 1. The molecule has 2 amide bonds. The number of carbonyl (C=O) groups excluding carboxylic acids is 2. The SMILES string of the molecule is COc1ccc(C2CCN(C(=O)Cc3ccc(NC(C)=O)cc3)C2)cc1. The van der Waals surface area contributed by atoms with Gasteiger partial charge in [-0.3, -0.25) is 9.59 Å². The van der Waals surface area contributed by atoms with Crippen molar-refractivity contribution in [3.63, 3.8) is 0 Å². The van der Waals surface area contributed by atoms with Gasteiger partial charge in [-0.15, -0.1) is 0 Å². The molecule has 1 N–H and O–H groups in total. The van der Waals surface area contributed by atoms with E-state index in [1.165, 1.54) is 12.5 Å². The minimum Gasteiger partial charge on any atom is -0.497 e. The summed E-state index contributed by atoms with van der Waals surface area (Å²) in [7, 11) is 1.66. The first kappa shape index (κ1) is 18.0. The van der Waals surface area contributed by atoms with Gasteiger partial charge in [0.15, 0.2) is 0 Å². The summed E-state index contributed by atoms with van der Waals surface area (Å²) in [5, 5.41) is 2.73. The number of hydrogen-bond donors (Lipinski definition) is 1. The molecule has 2 aromatic carbocycles. The molecular weight excluding hydrogens is 328 g/mol. The van der Waals surface area contributed by atoms with Gasteiger partial charge >= 0.3 is 0 Å². The summed E-state index contributed by atoms with van der Waals surface area (Å²) in [6.45, 7) is 3.03. The molecular formula is C21H24N2O3. The molecule has 0 aliphatic carbocycles. The minimum absolute atomic E-state index is 0.101. The van der Waals surface area contributed by atoms with Crippen LogP contribution in [0.3, 0.4) is 0 Å². The second kappa shape index (κ2) is 8.04. The lowest BCUT2D eigenvalue weighted by atomic mass is 9.98. The number of hydrogen-bond acceptors (Lipinski definition) is 3. The van der Waals surface area contributed by atoms with E-state index in [0.717, 1.165) is 36.5 Å². The number of anilines is 1. The van der Waals surface area contributed by atoms with E-state index in [2.05, 4.69) is 17.4 Å². The summed E-state index contributed by atoms with van der Waals surface area (Å²) < 4.78 is 5.20. The maximum Gasteiger partial charge on any atom is 0.227 e. The molecule has 5 heteroatoms. The van der Waals surface area contributed by atoms with E-state index in [1.807, 2.05) is 41.3 Å². The van der Waals surface area contributed by atoms with E-state index in [1.54, 1.807) is 7.11 Å². The van der Waals surface area contributed by atoms with Gasteiger partial charge in [-0.05, 0) is 41.8 Å². The highest BCUT2D eigenvalue weighted by molar-refractivity contribution is 5.88. The molecule has 5 nitrogen and oxygen atoms in total. The third-order valence-corrected chi connectivity index (χ3v) is 4.76. The van der Waals surface area contributed by atoms with Gasteiger partial charge in [0.25, 0.3) is 0 Å². The Morgan fingerprint density at radius 2 is 1.81 bits per heavy atom. The third kappa shape index (κ3) is 4.42. The van der Waals surface area contributed by atoms with Crippen molar-refractivity contribution in [1.29, 1.82) is 0 Å². The largest absolute Gasteiger partial charge is 0.497 e. The second-order valence-corrected chi connectivity index (χ2v) is 6.65. The molecule has 3 rings (SSSR count). The van der Waals surface area contributed by atoms with Gasteiger partial charge in [0.1, 0.15) is 5.75 Å². The second-order valence-electron chi connectivity index (χ2n) is 6.65. The van der Waals surface area contributed by atoms with E-state index in [9.17, 15) is 9.59 Å². The van der Waals surface area contributed by atoms with Crippen molar-refractivity contribution in [3.8, 4) is 5.75 Å². The van der Waals surface area contributed by atoms with E-state index in [-0.39, 0.29) is 11.8 Å². The lowest BCUT2D eigenvalue weighted by Gasteiger charge is -2.17. The summed E-state index contributed by atoms with van der Waals surface area (Å²) in [6, 6.07) is 15.5. The average Bonchev–Trinajstić information content (AvgIpc) is 3.13. The van der Waals surface area contributed by atoms with Crippen LogP contribution in [0, 0.1) is 0 Å². The summed E-state index contributed by atoms with van der Waals surface area (Å²) in [4.78, 5) is 25.6. The molecule has 26 heavy (non-hydrogen) atoms. The standard InChI is InChI=1S/C21H24N2O3/c1-15(24)22-19-7-3-16(4-8-19)13-21(25)23-12-11-18(14-23)17-5-9-20(26-2)10-6-17/h3-10,18H,11-14H2,1-2H3,(H,22,24). The molecule has 1 heterocycles. The first-order valence-corrected chi connectivity index (χ1v) is 8.83. The van der Waals surface area contributed by atoms with Gasteiger partial charge in [0.05, 0.1) is 13.5 Å². The Balaban J connectivity index is 1.56. The Hall–Kier alpha value is -2.82. The first-order valence-electron chi connectivity index (χ1n) is 8.83. The first-order chi connectivity index (χ1) is 12.5. The lowest BCUT2D eigenvalue weighted by Crippen LogP contribution is -2.29. The minimum atomic E-state index is -0.101. The molecule has 1 unspecified atom stereocenters. The van der Waals surface area contributed by atoms with Crippen LogP contribution in [-0.2, 0) is 16.0 Å². The van der Waals surface area contributed by atoms with Crippen LogP contribution in [0.1, 0.15) is 30.4 Å². The van der Waals surface area contributed by atoms with Crippen LogP contribution >= 0.6 is 0 Å². The molecule has 2 aromatic rings. The third-order valence-electron chi connectivity index (χ3n) is 4.76. The monoisotopic (exact) mass is 352 g/mol. The van der Waals surface area contributed by atoms with Crippen molar-refractivity contribution in [2.45, 2.75) is 25.7 Å². The molecule has 136 valence electrons. The molecule has 1 atom stereocenters. The zero-order chi connectivity index (χ0) is 18.5. The van der Waals surface area contributed by atoms with Gasteiger partial charge in [-0.1, -0.05) is 24.3 Å². The summed E-state index contributed by atoms with van der Waals surface area (Å²) in [5.74, 6) is 1.28. The molecule has 0 radical (unpaired) electrons. The van der Waals surface area contributed by atoms with E-state index >= 15 is 0 Å². The van der Waals surface area contributed by atoms with Gasteiger partial charge in [-0.25, -0.2) is 0 Å². The highest BCUT2D eigenvalue weighted by Crippen LogP contribution is 2.28. The highest BCUT2D eigenvalue weighted by Gasteiger charge is 2.27. The number of likely N-dealkylation sites (tertiary alicyclic amines) is 1. The van der Waals surface area contributed by atoms with Crippen molar-refractivity contribution in [3.05, 3.63) is 59.7 Å². The molecule has 0 aromatic heterocycles. The number of methoxy groups -OCH3 is 1. The molecule has 0 bridgehead atoms. The number of ether oxygens (including phenoxy) is 1. The van der Waals surface area contributed by atoms with Gasteiger partial charge in [0.2, 0.25) is 11.8 Å². The van der Waals surface area contributed by atoms with Crippen molar-refractivity contribution in [2.24, 2.45) is 0 Å². The van der Waals surface area contributed by atoms with Gasteiger partial charge in [0, 0.05) is 31.6 Å². The number of carbonyl (C=O) groups is 2. The zero-order valence-corrected chi connectivity index (χ0v) is 15.2. The Morgan fingerprint density at radius 1 is 1.12 bits per heavy atom. The lowest BCUT2D eigenvalue weighted by molar-refractivity contribution is -0.129. The predicted octanol–water partition coefficient (Wildman–Crippen LogP) is 3.21. The van der Waals surface area contributed by atoms with Crippen molar-refractivity contribution < 1.29 is 14.3 Å². The number of benzene rings is 2. The van der Waals surface area contributed by atoms with Crippen molar-refractivity contribution in [1.82, 2.24) is 4.90 Å². The summed E-state index contributed by atoms with van der Waals surface area (Å²) in [5.41, 5.74) is 2.95. The van der Waals surface area contributed by atoms with E-state index in [0.29, 0.717) is 12.3 Å².